The molecule has 0 fully saturated rings. The van der Waals surface area contributed by atoms with Crippen LogP contribution in [0.25, 0.3) is 0 Å². The molecule has 0 aliphatic carbocycles. The summed E-state index contributed by atoms with van der Waals surface area (Å²) in [6.07, 6.45) is 0. The van der Waals surface area contributed by atoms with E-state index in [9.17, 15) is 0 Å². The van der Waals surface area contributed by atoms with Crippen LogP contribution in [0.4, 0.5) is 0 Å². The molecule has 0 spiro atoms. The average Bonchev–Trinajstić information content (AvgIpc) is 2.05. The molecule has 1 rings (SSSR count). The molecule has 0 amide bonds. The van der Waals surface area contributed by atoms with Crippen molar-refractivity contribution in [3.8, 4) is 0 Å². The molecule has 0 heterocycles. The van der Waals surface area contributed by atoms with Crippen molar-refractivity contribution < 1.29 is 14.4 Å². The molecule has 0 aromatic heterocycles. The zero-order valence-electron chi connectivity index (χ0n) is 6.42. The van der Waals surface area contributed by atoms with Crippen LogP contribution in [0.15, 0.2) is 30.3 Å². The Bertz CT molecular complexity index is 223. The van der Waals surface area contributed by atoms with Crippen molar-refractivity contribution in [3.63, 3.8) is 0 Å². The van der Waals surface area contributed by atoms with Crippen LogP contribution in [0, 0.1) is 0 Å². The topological polar surface area (TPSA) is 83.6 Å². The number of benzene rings is 1. The van der Waals surface area contributed by atoms with Gasteiger partial charge in [-0.2, -0.15) is 0 Å². The Kier molecular flexibility index (Phi) is 6.42. The van der Waals surface area contributed by atoms with E-state index in [2.05, 4.69) is 0 Å². The summed E-state index contributed by atoms with van der Waals surface area (Å²) < 4.78 is 8.70. The van der Waals surface area contributed by atoms with Crippen LogP contribution in [0.3, 0.4) is 0 Å². The lowest BCUT2D eigenvalue weighted by Gasteiger charge is -1.90. The van der Waals surface area contributed by atoms with Crippen LogP contribution in [-0.4, -0.2) is 9.79 Å². The fraction of sp³-hybridized carbons (Fsp3) is 0.143. The van der Waals surface area contributed by atoms with Crippen molar-refractivity contribution >= 4 is 8.25 Å². The lowest BCUT2D eigenvalue weighted by atomic mass is 10.2. The van der Waals surface area contributed by atoms with Gasteiger partial charge in [0.2, 0.25) is 0 Å². The van der Waals surface area contributed by atoms with E-state index < -0.39 is 8.25 Å². The van der Waals surface area contributed by atoms with Gasteiger partial charge in [-0.1, -0.05) is 30.3 Å². The third-order valence-corrected chi connectivity index (χ3v) is 1.08. The highest BCUT2D eigenvalue weighted by molar-refractivity contribution is 7.30. The maximum absolute atomic E-state index is 8.70. The highest BCUT2D eigenvalue weighted by atomic mass is 31.1. The summed E-state index contributed by atoms with van der Waals surface area (Å²) in [6.45, 7) is 0.640. The minimum atomic E-state index is -2.87. The monoisotopic (exact) mass is 188 g/mol. The van der Waals surface area contributed by atoms with Gasteiger partial charge in [0.25, 0.3) is 0 Å². The first-order valence-corrected chi connectivity index (χ1v) is 4.42. The van der Waals surface area contributed by atoms with Crippen LogP contribution in [-0.2, 0) is 11.1 Å². The molecule has 1 aromatic carbocycles. The molecule has 0 atom stereocenters. The standard InChI is InChI=1S/C7H9N.HO3P/c8-6-7-4-2-1-3-5-7;1-4(2)3/h1-5H,6,8H2;(H-,1,2,3)/p+1. The Morgan fingerprint density at radius 3 is 1.92 bits per heavy atom. The maximum atomic E-state index is 8.70. The van der Waals surface area contributed by atoms with Crippen LogP contribution in [0.5, 0.6) is 0 Å². The molecular weight excluding hydrogens is 177 g/mol. The van der Waals surface area contributed by atoms with Crippen molar-refractivity contribution in [1.29, 1.82) is 0 Å². The second kappa shape index (κ2) is 6.88. The molecule has 12 heavy (non-hydrogen) atoms. The van der Waals surface area contributed by atoms with Gasteiger partial charge < -0.3 is 5.73 Å². The van der Waals surface area contributed by atoms with E-state index >= 15 is 0 Å². The van der Waals surface area contributed by atoms with Gasteiger partial charge >= 0.3 is 8.25 Å². The first-order valence-electron chi connectivity index (χ1n) is 3.26. The van der Waals surface area contributed by atoms with Crippen molar-refractivity contribution in [2.75, 3.05) is 0 Å². The van der Waals surface area contributed by atoms with Crippen molar-refractivity contribution in [2.45, 2.75) is 6.54 Å². The summed E-state index contributed by atoms with van der Waals surface area (Å²) in [5, 5.41) is 0. The van der Waals surface area contributed by atoms with Gasteiger partial charge in [0, 0.05) is 11.1 Å². The van der Waals surface area contributed by atoms with Crippen molar-refractivity contribution in [3.05, 3.63) is 35.9 Å². The van der Waals surface area contributed by atoms with E-state index in [1.165, 1.54) is 5.56 Å². The highest BCUT2D eigenvalue weighted by Gasteiger charge is 1.93. The smallest absolute Gasteiger partial charge is 0.326 e. The quantitative estimate of drug-likeness (QED) is 0.568. The van der Waals surface area contributed by atoms with E-state index in [1.54, 1.807) is 0 Å². The zero-order valence-corrected chi connectivity index (χ0v) is 7.32. The van der Waals surface area contributed by atoms with Crippen molar-refractivity contribution in [2.24, 2.45) is 5.73 Å². The van der Waals surface area contributed by atoms with Gasteiger partial charge in [0.1, 0.15) is 0 Å². The van der Waals surface area contributed by atoms with Gasteiger partial charge in [-0.15, -0.1) is 9.79 Å². The molecule has 0 aliphatic heterocycles. The predicted octanol–water partition coefficient (Wildman–Crippen LogP) is 0.774. The number of nitrogens with two attached hydrogens (primary N) is 1. The fourth-order valence-electron chi connectivity index (χ4n) is 0.614. The van der Waals surface area contributed by atoms with E-state index in [0.717, 1.165) is 0 Å². The summed E-state index contributed by atoms with van der Waals surface area (Å²) in [6, 6.07) is 9.99. The van der Waals surface area contributed by atoms with Gasteiger partial charge in [0.15, 0.2) is 0 Å². The number of hydrogen-bond acceptors (Lipinski definition) is 2. The number of hydrogen-bond donors (Lipinski definition) is 3. The second-order valence-corrected chi connectivity index (χ2v) is 2.45. The molecule has 4 N–H and O–H groups in total. The van der Waals surface area contributed by atoms with E-state index in [1.807, 2.05) is 30.3 Å². The van der Waals surface area contributed by atoms with E-state index in [0.29, 0.717) is 6.54 Å². The third-order valence-electron chi connectivity index (χ3n) is 1.08. The number of rotatable bonds is 1. The Labute approximate surface area is 71.6 Å². The van der Waals surface area contributed by atoms with Crippen LogP contribution < -0.4 is 5.73 Å². The highest BCUT2D eigenvalue weighted by Crippen LogP contribution is 1.98. The minimum absolute atomic E-state index is 0.640. The van der Waals surface area contributed by atoms with Crippen LogP contribution >= 0.6 is 8.25 Å². The Morgan fingerprint density at radius 1 is 1.25 bits per heavy atom. The van der Waals surface area contributed by atoms with Crippen molar-refractivity contribution in [1.82, 2.24) is 0 Å². The summed E-state index contributed by atoms with van der Waals surface area (Å²) >= 11 is 0. The van der Waals surface area contributed by atoms with E-state index in [4.69, 9.17) is 20.1 Å². The molecule has 66 valence electrons. The molecule has 5 heteroatoms. The van der Waals surface area contributed by atoms with Gasteiger partial charge in [-0.3, -0.25) is 0 Å². The molecule has 0 saturated carbocycles. The van der Waals surface area contributed by atoms with Crippen LogP contribution in [0.1, 0.15) is 5.56 Å². The van der Waals surface area contributed by atoms with Gasteiger partial charge in [0.05, 0.1) is 0 Å². The van der Waals surface area contributed by atoms with Gasteiger partial charge in [-0.05, 0) is 5.56 Å². The first-order chi connectivity index (χ1) is 5.66. The Hall–Kier alpha value is -0.800. The molecule has 0 bridgehead atoms. The largest absolute Gasteiger partial charge is 0.692 e. The second-order valence-electron chi connectivity index (χ2n) is 1.94. The molecule has 1 aromatic rings. The SMILES string of the molecule is NCc1ccccc1.O=[P+](O)O. The predicted molar refractivity (Wildman–Crippen MR) is 46.4 cm³/mol. The molecular formula is C7H11NO3P+. The normalized spacial score (nSPS) is 8.25. The molecule has 0 saturated heterocycles. The minimum Gasteiger partial charge on any atom is -0.326 e. The molecule has 4 nitrogen and oxygen atoms in total. The maximum Gasteiger partial charge on any atom is 0.692 e. The third kappa shape index (κ3) is 7.31. The van der Waals surface area contributed by atoms with Crippen LogP contribution in [0.2, 0.25) is 0 Å². The lowest BCUT2D eigenvalue weighted by Crippen LogP contribution is -1.94. The first kappa shape index (κ1) is 11.2. The summed E-state index contributed by atoms with van der Waals surface area (Å²) in [7, 11) is -2.87. The molecule has 0 unspecified atom stereocenters. The summed E-state index contributed by atoms with van der Waals surface area (Å²) in [4.78, 5) is 14.2. The summed E-state index contributed by atoms with van der Waals surface area (Å²) in [5.74, 6) is 0. The van der Waals surface area contributed by atoms with E-state index in [-0.39, 0.29) is 0 Å². The zero-order chi connectivity index (χ0) is 9.40. The molecule has 0 aliphatic rings. The summed E-state index contributed by atoms with van der Waals surface area (Å²) in [5.41, 5.74) is 6.54. The molecule has 0 radical (unpaired) electrons. The van der Waals surface area contributed by atoms with Gasteiger partial charge in [-0.25, -0.2) is 0 Å². The Morgan fingerprint density at radius 2 is 1.67 bits per heavy atom. The Balaban J connectivity index is 0.000000261. The fourth-order valence-corrected chi connectivity index (χ4v) is 0.614. The lowest BCUT2D eigenvalue weighted by molar-refractivity contribution is 0.405. The average molecular weight is 188 g/mol.